The fraction of sp³-hybridized carbons (Fsp3) is 0.242. The number of hydrazone groups is 3. The van der Waals surface area contributed by atoms with E-state index in [0.717, 1.165) is 139 Å². The van der Waals surface area contributed by atoms with Crippen LogP contribution in [0, 0.1) is 23.4 Å². The van der Waals surface area contributed by atoms with E-state index in [0.29, 0.717) is 84.8 Å². The molecule has 3 aliphatic heterocycles. The van der Waals surface area contributed by atoms with E-state index in [4.69, 9.17) is 14.2 Å². The van der Waals surface area contributed by atoms with Crippen LogP contribution in [0.25, 0.3) is 33.4 Å². The van der Waals surface area contributed by atoms with Gasteiger partial charge >= 0.3 is 0 Å². The van der Waals surface area contributed by atoms with Crippen LogP contribution < -0.4 is 46.9 Å². The molecule has 0 unspecified atom stereocenters. The molecule has 3 aromatic heterocycles. The average Bonchev–Trinajstić information content (AvgIpc) is 0.839. The van der Waals surface area contributed by atoms with Gasteiger partial charge in [0.05, 0.1) is 76.9 Å². The second-order valence-corrected chi connectivity index (χ2v) is 28.9. The first-order valence-electron chi connectivity index (χ1n) is 39.3. The molecule has 3 fully saturated rings. The van der Waals surface area contributed by atoms with E-state index < -0.39 is 17.5 Å². The number of nitrogens with zero attached hydrogens (tertiary/aromatic N) is 12. The molecule has 0 bridgehead atoms. The number of nitrogens with one attached hydrogen (secondary N) is 6. The Morgan fingerprint density at radius 1 is 0.390 bits per heavy atom. The number of aromatic hydroxyl groups is 3. The number of hydrogen-bond acceptors (Lipinski definition) is 24. The van der Waals surface area contributed by atoms with Gasteiger partial charge in [0.1, 0.15) is 17.2 Å². The molecule has 0 spiro atoms. The standard InChI is InChI=1S/C31H33FN6O2.2C30H31FN6O2/c1-21(2)16-25-17-27(35-26-9-6-22(7-10-26)23-4-3-5-28(39)18-23)11-8-24(25)19-34-37-31-33-20-29(32)30(36-31)38-12-14-40-15-13-38;1-20(2)27-17-25(34-24-9-6-21(7-10-24)22-4-3-5-26(38)16-22)11-8-23(27)18-33-36-30-32-19-28(31)29(35-30)37-12-14-39-15-13-37;1-2-4-22-17-26(34-25-10-7-21(8-11-25)23-5-3-6-27(38)18-23)12-9-24(22)19-33-36-30-32-20-28(31)29(35-30)37-13-15-39-16-14-37/h3-11,17-21,35,39H,12-16H2,1-2H3,(H,33,36,37);3-11,16-20,34,38H,12-15H2,1-2H3,(H,32,35,36);3,5-12,17-20,34,38H,2,4,13-16H2,1H3,(H,32,35,36)/b34-19+;33-18+;33-19+. The molecular formula is C91H95F3N18O6. The summed E-state index contributed by atoms with van der Waals surface area (Å²) in [6.07, 6.45) is 11.4. The van der Waals surface area contributed by atoms with Crippen molar-refractivity contribution < 1.29 is 42.7 Å². The minimum Gasteiger partial charge on any atom is -0.508 e. The predicted molar refractivity (Wildman–Crippen MR) is 465 cm³/mol. The number of hydrogen-bond donors (Lipinski definition) is 9. The minimum absolute atomic E-state index is 0.229. The van der Waals surface area contributed by atoms with E-state index in [1.807, 2.05) is 160 Å². The fourth-order valence-electron chi connectivity index (χ4n) is 13.5. The van der Waals surface area contributed by atoms with Crippen LogP contribution in [0.5, 0.6) is 17.2 Å². The van der Waals surface area contributed by atoms with Crippen molar-refractivity contribution in [2.45, 2.75) is 59.8 Å². The molecular weight excluding hydrogens is 1500 g/mol. The summed E-state index contributed by atoms with van der Waals surface area (Å²) in [6, 6.07) is 64.4. The van der Waals surface area contributed by atoms with Gasteiger partial charge < -0.3 is 60.2 Å². The summed E-state index contributed by atoms with van der Waals surface area (Å²) in [6.45, 7) is 17.5. The van der Waals surface area contributed by atoms with E-state index in [9.17, 15) is 28.5 Å². The maximum Gasteiger partial charge on any atom is 0.245 e. The lowest BCUT2D eigenvalue weighted by molar-refractivity contribution is 0.122. The molecule has 6 heterocycles. The third kappa shape index (κ3) is 23.2. The molecule has 3 aliphatic rings. The number of morpholine rings is 3. The summed E-state index contributed by atoms with van der Waals surface area (Å²) in [5.74, 6) is 1.51. The SMILES string of the molecule is CC(C)Cc1cc(Nc2ccc(-c3cccc(O)c3)cc2)ccc1/C=N/Nc1ncc(F)c(N2CCOCC2)n1.CC(C)c1cc(Nc2ccc(-c3cccc(O)c3)cc2)ccc1/C=N/Nc1ncc(F)c(N2CCOCC2)n1.CCCc1cc(Nc2ccc(-c3cccc(O)c3)cc2)ccc1/C=N/Nc1ncc(F)c(N2CCOCC2)n1. The number of phenolic OH excluding ortho intramolecular Hbond substituents is 3. The predicted octanol–water partition coefficient (Wildman–Crippen LogP) is 18.3. The van der Waals surface area contributed by atoms with Gasteiger partial charge in [-0.3, -0.25) is 0 Å². The molecule has 3 saturated heterocycles. The lowest BCUT2D eigenvalue weighted by Crippen LogP contribution is -2.37. The number of aromatic nitrogens is 6. The van der Waals surface area contributed by atoms with Crippen LogP contribution in [-0.4, -0.2) is 143 Å². The number of rotatable bonds is 26. The molecule has 0 atom stereocenters. The molecule has 0 amide bonds. The molecule has 27 heteroatoms. The van der Waals surface area contributed by atoms with Crippen molar-refractivity contribution in [3.05, 3.63) is 270 Å². The molecule has 606 valence electrons. The van der Waals surface area contributed by atoms with Crippen LogP contribution in [0.1, 0.15) is 80.3 Å². The van der Waals surface area contributed by atoms with Crippen molar-refractivity contribution >= 4 is 88.1 Å². The summed E-state index contributed by atoms with van der Waals surface area (Å²) in [5.41, 5.74) is 26.6. The monoisotopic (exact) mass is 1590 g/mol. The molecule has 0 saturated carbocycles. The Kier molecular flexibility index (Phi) is 28.4. The maximum absolute atomic E-state index is 14.3. The van der Waals surface area contributed by atoms with Gasteiger partial charge in [-0.05, 0) is 201 Å². The Morgan fingerprint density at radius 3 is 1.05 bits per heavy atom. The van der Waals surface area contributed by atoms with Gasteiger partial charge in [-0.15, -0.1) is 0 Å². The Morgan fingerprint density at radius 2 is 0.712 bits per heavy atom. The summed E-state index contributed by atoms with van der Waals surface area (Å²) >= 11 is 0. The van der Waals surface area contributed by atoms with Crippen LogP contribution in [0.3, 0.4) is 0 Å². The Hall–Kier alpha value is -13.5. The van der Waals surface area contributed by atoms with E-state index in [-0.39, 0.29) is 58.5 Å². The summed E-state index contributed by atoms with van der Waals surface area (Å²) < 4.78 is 59.0. The molecule has 12 aromatic rings. The van der Waals surface area contributed by atoms with Crippen molar-refractivity contribution in [3.63, 3.8) is 0 Å². The number of aryl methyl sites for hydroxylation is 1. The maximum atomic E-state index is 14.3. The van der Waals surface area contributed by atoms with E-state index in [2.05, 4.69) is 130 Å². The van der Waals surface area contributed by atoms with Crippen LogP contribution in [-0.2, 0) is 27.1 Å². The quantitative estimate of drug-likeness (QED) is 0.0180. The highest BCUT2D eigenvalue weighted by atomic mass is 19.1. The van der Waals surface area contributed by atoms with Crippen LogP contribution in [0.4, 0.5) is 82.6 Å². The third-order valence-corrected chi connectivity index (χ3v) is 19.4. The molecule has 9 aromatic carbocycles. The number of halogens is 3. The second-order valence-electron chi connectivity index (χ2n) is 28.9. The van der Waals surface area contributed by atoms with E-state index in [1.165, 1.54) is 0 Å². The zero-order valence-electron chi connectivity index (χ0n) is 66.3. The first-order valence-corrected chi connectivity index (χ1v) is 39.3. The highest BCUT2D eigenvalue weighted by Crippen LogP contribution is 2.33. The molecule has 24 nitrogen and oxygen atoms in total. The fourth-order valence-corrected chi connectivity index (χ4v) is 13.5. The van der Waals surface area contributed by atoms with Gasteiger partial charge in [-0.2, -0.15) is 30.3 Å². The summed E-state index contributed by atoms with van der Waals surface area (Å²) in [5, 5.41) is 52.7. The van der Waals surface area contributed by atoms with Crippen LogP contribution in [0.15, 0.2) is 234 Å². The van der Waals surface area contributed by atoms with E-state index in [1.54, 1.807) is 55.0 Å². The second kappa shape index (κ2) is 40.7. The van der Waals surface area contributed by atoms with Gasteiger partial charge in [0, 0.05) is 73.4 Å². The highest BCUT2D eigenvalue weighted by molar-refractivity contribution is 5.86. The average molecular weight is 1590 g/mol. The number of anilines is 12. The Labute approximate surface area is 684 Å². The summed E-state index contributed by atoms with van der Waals surface area (Å²) in [7, 11) is 0. The first kappa shape index (κ1) is 82.5. The van der Waals surface area contributed by atoms with Crippen LogP contribution in [0.2, 0.25) is 0 Å². The smallest absolute Gasteiger partial charge is 0.245 e. The van der Waals surface area contributed by atoms with Gasteiger partial charge in [0.2, 0.25) is 17.8 Å². The Balaban J connectivity index is 0.000000153. The topological polar surface area (TPSA) is 285 Å². The van der Waals surface area contributed by atoms with Crippen molar-refractivity contribution in [1.29, 1.82) is 0 Å². The van der Waals surface area contributed by atoms with Crippen molar-refractivity contribution in [2.24, 2.45) is 21.2 Å². The molecule has 118 heavy (non-hydrogen) atoms. The lowest BCUT2D eigenvalue weighted by atomic mass is 9.97. The zero-order chi connectivity index (χ0) is 82.1. The van der Waals surface area contributed by atoms with Gasteiger partial charge in [0.25, 0.3) is 0 Å². The zero-order valence-corrected chi connectivity index (χ0v) is 66.3. The van der Waals surface area contributed by atoms with Gasteiger partial charge in [-0.25, -0.2) is 44.4 Å². The number of ether oxygens (including phenoxy) is 3. The van der Waals surface area contributed by atoms with Crippen molar-refractivity contribution in [3.8, 4) is 50.6 Å². The van der Waals surface area contributed by atoms with Crippen molar-refractivity contribution in [2.75, 3.05) is 126 Å². The Bertz CT molecular complexity index is 5420. The van der Waals surface area contributed by atoms with Gasteiger partial charge in [-0.1, -0.05) is 132 Å². The molecule has 9 N–H and O–H groups in total. The normalized spacial score (nSPS) is 13.6. The summed E-state index contributed by atoms with van der Waals surface area (Å²) in [4.78, 5) is 30.6. The van der Waals surface area contributed by atoms with E-state index >= 15 is 0 Å². The molecule has 0 aliphatic carbocycles. The molecule has 0 radical (unpaired) electrons. The third-order valence-electron chi connectivity index (χ3n) is 19.4. The largest absolute Gasteiger partial charge is 0.508 e. The minimum atomic E-state index is -0.467. The van der Waals surface area contributed by atoms with Gasteiger partial charge in [0.15, 0.2) is 34.9 Å². The highest BCUT2D eigenvalue weighted by Gasteiger charge is 2.22. The lowest BCUT2D eigenvalue weighted by Gasteiger charge is -2.27. The van der Waals surface area contributed by atoms with Crippen molar-refractivity contribution in [1.82, 2.24) is 29.9 Å². The molecule has 15 rings (SSSR count). The van der Waals surface area contributed by atoms with Crippen LogP contribution >= 0.6 is 0 Å². The number of phenols is 3. The number of benzene rings is 9. The first-order chi connectivity index (χ1) is 57.5.